The lowest BCUT2D eigenvalue weighted by Crippen LogP contribution is -1.97. The number of hydrogen-bond acceptors (Lipinski definition) is 5. The van der Waals surface area contributed by atoms with Gasteiger partial charge in [0.15, 0.2) is 11.4 Å². The fraction of sp³-hybridized carbons (Fsp3) is 0.0526. The number of carbonyl (C=O) groups excluding carboxylic acids is 1. The Labute approximate surface area is 156 Å². The molecule has 2 heterocycles. The van der Waals surface area contributed by atoms with E-state index in [1.807, 2.05) is 31.2 Å². The maximum Gasteiger partial charge on any atom is 0.189 e. The summed E-state index contributed by atoms with van der Waals surface area (Å²) >= 11 is 3.30. The molecule has 0 fully saturated rings. The number of nitrogens with zero attached hydrogens (tertiary/aromatic N) is 4. The number of benzene rings is 2. The van der Waals surface area contributed by atoms with Crippen LogP contribution in [0.25, 0.3) is 22.6 Å². The molecule has 7 heteroatoms. The second kappa shape index (κ2) is 6.34. The first-order chi connectivity index (χ1) is 12.5. The van der Waals surface area contributed by atoms with E-state index >= 15 is 0 Å². The summed E-state index contributed by atoms with van der Waals surface area (Å²) in [6.07, 6.45) is 3.07. The zero-order valence-electron chi connectivity index (χ0n) is 13.7. The second-order valence-corrected chi connectivity index (χ2v) is 6.80. The zero-order chi connectivity index (χ0) is 18.3. The van der Waals surface area contributed by atoms with Crippen molar-refractivity contribution < 1.29 is 9.90 Å². The quantitative estimate of drug-likeness (QED) is 0.410. The number of phenols is 1. The van der Waals surface area contributed by atoms with Crippen LogP contribution in [0.5, 0.6) is 5.75 Å². The van der Waals surface area contributed by atoms with Crippen LogP contribution in [0, 0.1) is 6.92 Å². The van der Waals surface area contributed by atoms with Gasteiger partial charge in [0.1, 0.15) is 5.75 Å². The van der Waals surface area contributed by atoms with Crippen molar-refractivity contribution in [1.29, 1.82) is 0 Å². The van der Waals surface area contributed by atoms with Crippen LogP contribution in [0.4, 0.5) is 0 Å². The van der Waals surface area contributed by atoms with E-state index in [0.29, 0.717) is 5.65 Å². The number of aromatic hydroxyl groups is 1. The average Bonchev–Trinajstić information content (AvgIpc) is 3.11. The van der Waals surface area contributed by atoms with Crippen LogP contribution in [0.2, 0.25) is 0 Å². The van der Waals surface area contributed by atoms with E-state index in [4.69, 9.17) is 0 Å². The first kappa shape index (κ1) is 16.4. The Balaban J connectivity index is 1.81. The number of aromatic nitrogens is 4. The smallest absolute Gasteiger partial charge is 0.189 e. The lowest BCUT2D eigenvalue weighted by molar-refractivity contribution is 0.104. The number of para-hydroxylation sites is 1. The molecule has 0 aliphatic heterocycles. The molecule has 128 valence electrons. The van der Waals surface area contributed by atoms with Gasteiger partial charge in [-0.05, 0) is 59.3 Å². The van der Waals surface area contributed by atoms with Gasteiger partial charge in [0.2, 0.25) is 0 Å². The summed E-state index contributed by atoms with van der Waals surface area (Å²) in [4.78, 5) is 12.5. The lowest BCUT2D eigenvalue weighted by Gasteiger charge is -2.06. The van der Waals surface area contributed by atoms with Gasteiger partial charge in [0.05, 0.1) is 11.1 Å². The number of carbonyl (C=O) groups is 1. The Bertz CT molecular complexity index is 1200. The summed E-state index contributed by atoms with van der Waals surface area (Å²) < 4.78 is 2.39. The molecule has 2 aromatic heterocycles. The Morgan fingerprint density at radius 1 is 1.23 bits per heavy atom. The molecule has 0 radical (unpaired) electrons. The van der Waals surface area contributed by atoms with Crippen LogP contribution in [0.1, 0.15) is 21.5 Å². The minimum atomic E-state index is -0.307. The number of ketones is 1. The van der Waals surface area contributed by atoms with Crippen LogP contribution >= 0.6 is 15.9 Å². The van der Waals surface area contributed by atoms with Crippen molar-refractivity contribution in [2.75, 3.05) is 0 Å². The van der Waals surface area contributed by atoms with Crippen LogP contribution < -0.4 is 0 Å². The number of fused-ring (bicyclic) bond motifs is 3. The number of allylic oxidation sites excluding steroid dienone is 1. The van der Waals surface area contributed by atoms with E-state index in [1.165, 1.54) is 12.1 Å². The number of tetrazole rings is 1. The van der Waals surface area contributed by atoms with E-state index < -0.39 is 0 Å². The molecule has 6 nitrogen and oxygen atoms in total. The van der Waals surface area contributed by atoms with E-state index in [1.54, 1.807) is 22.7 Å². The molecule has 1 N–H and O–H groups in total. The van der Waals surface area contributed by atoms with Gasteiger partial charge >= 0.3 is 0 Å². The Hall–Kier alpha value is -3.06. The normalized spacial score (nSPS) is 11.6. The molecule has 0 bridgehead atoms. The molecule has 0 amide bonds. The molecule has 0 aliphatic rings. The largest absolute Gasteiger partial charge is 0.507 e. The van der Waals surface area contributed by atoms with Gasteiger partial charge in [-0.1, -0.05) is 34.1 Å². The Morgan fingerprint density at radius 2 is 2.08 bits per heavy atom. The number of pyridine rings is 1. The van der Waals surface area contributed by atoms with Crippen molar-refractivity contribution in [3.63, 3.8) is 0 Å². The molecule has 4 rings (SSSR count). The summed E-state index contributed by atoms with van der Waals surface area (Å²) in [6.45, 7) is 2.00. The number of rotatable bonds is 3. The molecule has 0 atom stereocenters. The highest BCUT2D eigenvalue weighted by molar-refractivity contribution is 9.10. The lowest BCUT2D eigenvalue weighted by atomic mass is 10.1. The molecule has 26 heavy (non-hydrogen) atoms. The van der Waals surface area contributed by atoms with Gasteiger partial charge < -0.3 is 5.11 Å². The maximum absolute atomic E-state index is 12.5. The molecule has 2 aromatic carbocycles. The molecule has 0 saturated heterocycles. The maximum atomic E-state index is 12.5. The van der Waals surface area contributed by atoms with Crippen molar-refractivity contribution in [3.05, 3.63) is 69.7 Å². The fourth-order valence-electron chi connectivity index (χ4n) is 2.92. The van der Waals surface area contributed by atoms with Crippen LogP contribution in [0.3, 0.4) is 0 Å². The van der Waals surface area contributed by atoms with Gasteiger partial charge in [-0.25, -0.2) is 0 Å². The van der Waals surface area contributed by atoms with Crippen molar-refractivity contribution in [3.8, 4) is 5.75 Å². The Morgan fingerprint density at radius 3 is 2.92 bits per heavy atom. The highest BCUT2D eigenvalue weighted by atomic mass is 79.9. The van der Waals surface area contributed by atoms with Crippen LogP contribution in [0.15, 0.2) is 53.0 Å². The van der Waals surface area contributed by atoms with Gasteiger partial charge in [-0.3, -0.25) is 4.79 Å². The zero-order valence-corrected chi connectivity index (χ0v) is 15.3. The summed E-state index contributed by atoms with van der Waals surface area (Å²) in [7, 11) is 0. The van der Waals surface area contributed by atoms with Gasteiger partial charge in [-0.2, -0.15) is 4.52 Å². The standard InChI is InChI=1S/C19H13BrN4O2/c1-11-3-2-4-12-9-13(19-21-22-23-24(19)18(11)12)5-7-16(25)15-10-14(20)6-8-17(15)26/h2-10,26H,1H3/b7-5+. The van der Waals surface area contributed by atoms with E-state index in [2.05, 4.69) is 31.5 Å². The number of phenolic OH excluding ortho intramolecular Hbond substituents is 1. The molecule has 4 aromatic rings. The number of aryl methyl sites for hydroxylation is 1. The number of hydrogen-bond donors (Lipinski definition) is 1. The Kier molecular flexibility index (Phi) is 4.00. The SMILES string of the molecule is Cc1cccc2cc(/C=C/C(=O)c3cc(Br)ccc3O)c3nnnn3c12. The average molecular weight is 409 g/mol. The molecular weight excluding hydrogens is 396 g/mol. The first-order valence-corrected chi connectivity index (χ1v) is 8.65. The van der Waals surface area contributed by atoms with Crippen molar-refractivity contribution >= 4 is 44.3 Å². The minimum Gasteiger partial charge on any atom is -0.507 e. The predicted molar refractivity (Wildman–Crippen MR) is 102 cm³/mol. The van der Waals surface area contributed by atoms with Crippen LogP contribution in [-0.4, -0.2) is 30.9 Å². The molecule has 0 unspecified atom stereocenters. The van der Waals surface area contributed by atoms with E-state index in [0.717, 1.165) is 26.5 Å². The third-order valence-corrected chi connectivity index (χ3v) is 4.65. The summed E-state index contributed by atoms with van der Waals surface area (Å²) in [5, 5.41) is 22.8. The topological polar surface area (TPSA) is 80.4 Å². The highest BCUT2D eigenvalue weighted by Crippen LogP contribution is 2.25. The number of halogens is 1. The van der Waals surface area contributed by atoms with Gasteiger partial charge in [-0.15, -0.1) is 5.10 Å². The van der Waals surface area contributed by atoms with Gasteiger partial charge in [0.25, 0.3) is 0 Å². The molecule has 0 saturated carbocycles. The second-order valence-electron chi connectivity index (χ2n) is 5.89. The summed E-state index contributed by atoms with van der Waals surface area (Å²) in [5.74, 6) is -0.370. The fourth-order valence-corrected chi connectivity index (χ4v) is 3.28. The van der Waals surface area contributed by atoms with Crippen molar-refractivity contribution in [1.82, 2.24) is 20.0 Å². The molecular formula is C19H13BrN4O2. The molecule has 0 spiro atoms. The van der Waals surface area contributed by atoms with E-state index in [-0.39, 0.29) is 17.1 Å². The van der Waals surface area contributed by atoms with Crippen molar-refractivity contribution in [2.24, 2.45) is 0 Å². The molecule has 0 aliphatic carbocycles. The monoisotopic (exact) mass is 408 g/mol. The predicted octanol–water partition coefficient (Wildman–Crippen LogP) is 3.95. The first-order valence-electron chi connectivity index (χ1n) is 7.86. The van der Waals surface area contributed by atoms with Crippen LogP contribution in [-0.2, 0) is 0 Å². The highest BCUT2D eigenvalue weighted by Gasteiger charge is 2.12. The summed E-state index contributed by atoms with van der Waals surface area (Å²) in [6, 6.07) is 12.6. The minimum absolute atomic E-state index is 0.0636. The van der Waals surface area contributed by atoms with Gasteiger partial charge in [0, 0.05) is 15.4 Å². The third-order valence-electron chi connectivity index (χ3n) is 4.16. The summed E-state index contributed by atoms with van der Waals surface area (Å²) in [5.41, 5.74) is 3.50. The van der Waals surface area contributed by atoms with E-state index in [9.17, 15) is 9.90 Å². The van der Waals surface area contributed by atoms with Crippen molar-refractivity contribution in [2.45, 2.75) is 6.92 Å². The third kappa shape index (κ3) is 2.76.